The summed E-state index contributed by atoms with van der Waals surface area (Å²) in [5.74, 6) is -1.48. The van der Waals surface area contributed by atoms with Crippen LogP contribution in [0.15, 0.2) is 18.2 Å². The maximum atomic E-state index is 13.2. The minimum Gasteiger partial charge on any atom is -0.370 e. The summed E-state index contributed by atoms with van der Waals surface area (Å²) in [7, 11) is 0. The predicted molar refractivity (Wildman–Crippen MR) is 66.1 cm³/mol. The lowest BCUT2D eigenvalue weighted by Gasteiger charge is -2.25. The quantitative estimate of drug-likeness (QED) is 0.820. The van der Waals surface area contributed by atoms with Crippen LogP contribution < -0.4 is 11.1 Å². The molecule has 1 aromatic rings. The maximum absolute atomic E-state index is 13.2. The van der Waals surface area contributed by atoms with E-state index in [1.807, 2.05) is 0 Å². The van der Waals surface area contributed by atoms with Gasteiger partial charge in [-0.15, -0.1) is 0 Å². The first-order chi connectivity index (χ1) is 8.99. The Labute approximate surface area is 114 Å². The Morgan fingerprint density at radius 3 is 2.35 bits per heavy atom. The molecule has 0 fully saturated rings. The number of alkyl halides is 3. The van der Waals surface area contributed by atoms with Crippen LogP contribution in [0.2, 0.25) is 0 Å². The molecule has 0 saturated heterocycles. The van der Waals surface area contributed by atoms with E-state index in [9.17, 15) is 22.4 Å². The first-order valence-corrected chi connectivity index (χ1v) is 5.89. The van der Waals surface area contributed by atoms with Crippen LogP contribution in [0.25, 0.3) is 0 Å². The average molecular weight is 292 g/mol. The van der Waals surface area contributed by atoms with Gasteiger partial charge in [0.05, 0.1) is 5.56 Å². The molecule has 0 aliphatic heterocycles. The van der Waals surface area contributed by atoms with Crippen LogP contribution in [0.4, 0.5) is 17.6 Å². The SMILES string of the molecule is CC(C)(CC(N)=O)NCc1cc(F)cc(C(F)(F)F)c1. The number of rotatable bonds is 5. The number of nitrogens with two attached hydrogens (primary N) is 1. The molecule has 1 rings (SSSR count). The molecular formula is C13H16F4N2O. The number of carbonyl (C=O) groups excluding carboxylic acids is 1. The van der Waals surface area contributed by atoms with Gasteiger partial charge in [-0.05, 0) is 37.6 Å². The minimum absolute atomic E-state index is 0.00111. The van der Waals surface area contributed by atoms with Crippen molar-refractivity contribution in [2.75, 3.05) is 0 Å². The summed E-state index contributed by atoms with van der Waals surface area (Å²) in [6.45, 7) is 3.37. The number of carbonyl (C=O) groups is 1. The number of amides is 1. The fraction of sp³-hybridized carbons (Fsp3) is 0.462. The van der Waals surface area contributed by atoms with Crippen molar-refractivity contribution in [2.45, 2.75) is 38.5 Å². The van der Waals surface area contributed by atoms with Gasteiger partial charge in [0.2, 0.25) is 5.91 Å². The Morgan fingerprint density at radius 1 is 1.25 bits per heavy atom. The highest BCUT2D eigenvalue weighted by atomic mass is 19.4. The van der Waals surface area contributed by atoms with Gasteiger partial charge in [0.15, 0.2) is 0 Å². The Bertz CT molecular complexity index is 498. The number of nitrogens with one attached hydrogen (secondary N) is 1. The molecule has 3 N–H and O–H groups in total. The van der Waals surface area contributed by atoms with Crippen LogP contribution in [0, 0.1) is 5.82 Å². The van der Waals surface area contributed by atoms with Crippen molar-refractivity contribution in [3.63, 3.8) is 0 Å². The second-order valence-corrected chi connectivity index (χ2v) is 5.23. The third kappa shape index (κ3) is 5.16. The summed E-state index contributed by atoms with van der Waals surface area (Å²) >= 11 is 0. The summed E-state index contributed by atoms with van der Waals surface area (Å²) in [4.78, 5) is 10.8. The van der Waals surface area contributed by atoms with Crippen LogP contribution in [0.1, 0.15) is 31.4 Å². The van der Waals surface area contributed by atoms with Crippen LogP contribution >= 0.6 is 0 Å². The summed E-state index contributed by atoms with van der Waals surface area (Å²) in [6, 6.07) is 2.33. The van der Waals surface area contributed by atoms with Gasteiger partial charge in [-0.3, -0.25) is 4.79 Å². The van der Waals surface area contributed by atoms with E-state index in [1.54, 1.807) is 13.8 Å². The summed E-state index contributed by atoms with van der Waals surface area (Å²) in [5.41, 5.74) is 3.49. The zero-order chi connectivity index (χ0) is 15.6. The Morgan fingerprint density at radius 2 is 1.85 bits per heavy atom. The zero-order valence-electron chi connectivity index (χ0n) is 11.1. The van der Waals surface area contributed by atoms with Gasteiger partial charge < -0.3 is 11.1 Å². The van der Waals surface area contributed by atoms with Gasteiger partial charge in [-0.25, -0.2) is 4.39 Å². The first-order valence-electron chi connectivity index (χ1n) is 5.89. The van der Waals surface area contributed by atoms with Crippen molar-refractivity contribution in [3.8, 4) is 0 Å². The molecule has 0 aromatic heterocycles. The average Bonchev–Trinajstić information content (AvgIpc) is 2.23. The first kappa shape index (κ1) is 16.4. The molecule has 20 heavy (non-hydrogen) atoms. The van der Waals surface area contributed by atoms with E-state index in [1.165, 1.54) is 0 Å². The molecule has 7 heteroatoms. The number of hydrogen-bond acceptors (Lipinski definition) is 2. The molecule has 0 aliphatic rings. The largest absolute Gasteiger partial charge is 0.416 e. The van der Waals surface area contributed by atoms with Gasteiger partial charge in [-0.1, -0.05) is 0 Å². The molecule has 0 saturated carbocycles. The van der Waals surface area contributed by atoms with E-state index in [2.05, 4.69) is 5.32 Å². The normalized spacial score (nSPS) is 12.5. The zero-order valence-corrected chi connectivity index (χ0v) is 11.1. The van der Waals surface area contributed by atoms with E-state index >= 15 is 0 Å². The smallest absolute Gasteiger partial charge is 0.370 e. The van der Waals surface area contributed by atoms with Crippen molar-refractivity contribution in [3.05, 3.63) is 35.1 Å². The molecular weight excluding hydrogens is 276 g/mol. The van der Waals surface area contributed by atoms with Gasteiger partial charge in [-0.2, -0.15) is 13.2 Å². The molecule has 0 bridgehead atoms. The lowest BCUT2D eigenvalue weighted by molar-refractivity contribution is -0.137. The summed E-state index contributed by atoms with van der Waals surface area (Å²) in [6.07, 6.45) is -4.58. The van der Waals surface area contributed by atoms with E-state index in [-0.39, 0.29) is 18.5 Å². The molecule has 3 nitrogen and oxygen atoms in total. The molecule has 1 aromatic carbocycles. The Hall–Kier alpha value is -1.63. The van der Waals surface area contributed by atoms with Crippen molar-refractivity contribution in [2.24, 2.45) is 5.73 Å². The number of halogens is 4. The molecule has 0 spiro atoms. The van der Waals surface area contributed by atoms with Gasteiger partial charge >= 0.3 is 6.18 Å². The lowest BCUT2D eigenvalue weighted by Crippen LogP contribution is -2.42. The predicted octanol–water partition coefficient (Wildman–Crippen LogP) is 2.59. The number of hydrogen-bond donors (Lipinski definition) is 2. The lowest BCUT2D eigenvalue weighted by atomic mass is 9.99. The molecule has 0 unspecified atom stereocenters. The highest BCUT2D eigenvalue weighted by Gasteiger charge is 2.31. The topological polar surface area (TPSA) is 55.1 Å². The van der Waals surface area contributed by atoms with Crippen LogP contribution in [0.5, 0.6) is 0 Å². The molecule has 0 heterocycles. The number of primary amides is 1. The number of benzene rings is 1. The minimum atomic E-state index is -4.60. The highest BCUT2D eigenvalue weighted by Crippen LogP contribution is 2.30. The van der Waals surface area contributed by atoms with Gasteiger partial charge in [0.25, 0.3) is 0 Å². The maximum Gasteiger partial charge on any atom is 0.416 e. The fourth-order valence-electron chi connectivity index (χ4n) is 1.76. The van der Waals surface area contributed by atoms with E-state index < -0.39 is 29.0 Å². The molecule has 0 aliphatic carbocycles. The van der Waals surface area contributed by atoms with Gasteiger partial charge in [0.1, 0.15) is 5.82 Å². The second kappa shape index (κ2) is 5.78. The van der Waals surface area contributed by atoms with Crippen molar-refractivity contribution >= 4 is 5.91 Å². The fourth-order valence-corrected chi connectivity index (χ4v) is 1.76. The second-order valence-electron chi connectivity index (χ2n) is 5.23. The summed E-state index contributed by atoms with van der Waals surface area (Å²) in [5, 5.41) is 2.88. The standard InChI is InChI=1S/C13H16F4N2O/c1-12(2,6-11(18)20)19-7-8-3-9(13(15,16)17)5-10(14)4-8/h3-5,19H,6-7H2,1-2H3,(H2,18,20). The highest BCUT2D eigenvalue weighted by molar-refractivity contribution is 5.74. The third-order valence-electron chi connectivity index (χ3n) is 2.67. The van der Waals surface area contributed by atoms with Crippen LogP contribution in [0.3, 0.4) is 0 Å². The van der Waals surface area contributed by atoms with Crippen molar-refractivity contribution in [1.82, 2.24) is 5.32 Å². The Balaban J connectivity index is 2.83. The van der Waals surface area contributed by atoms with Gasteiger partial charge in [0, 0.05) is 18.5 Å². The van der Waals surface area contributed by atoms with Crippen LogP contribution in [-0.4, -0.2) is 11.4 Å². The third-order valence-corrected chi connectivity index (χ3v) is 2.67. The Kier molecular flexibility index (Phi) is 4.75. The van der Waals surface area contributed by atoms with Crippen molar-refractivity contribution < 1.29 is 22.4 Å². The van der Waals surface area contributed by atoms with E-state index in [0.29, 0.717) is 6.07 Å². The molecule has 112 valence electrons. The van der Waals surface area contributed by atoms with Crippen LogP contribution in [-0.2, 0) is 17.5 Å². The molecule has 1 amide bonds. The van der Waals surface area contributed by atoms with E-state index in [0.717, 1.165) is 12.1 Å². The molecule has 0 radical (unpaired) electrons. The van der Waals surface area contributed by atoms with Crippen molar-refractivity contribution in [1.29, 1.82) is 0 Å². The molecule has 0 atom stereocenters. The van der Waals surface area contributed by atoms with E-state index in [4.69, 9.17) is 5.73 Å². The summed E-state index contributed by atoms with van der Waals surface area (Å²) < 4.78 is 50.8. The monoisotopic (exact) mass is 292 g/mol.